The van der Waals surface area contributed by atoms with Crippen molar-refractivity contribution in [2.24, 2.45) is 0 Å². The summed E-state index contributed by atoms with van der Waals surface area (Å²) in [5.41, 5.74) is 1.25. The molecule has 0 aliphatic heterocycles. The summed E-state index contributed by atoms with van der Waals surface area (Å²) in [6.45, 7) is 3.70. The molecule has 0 atom stereocenters. The highest BCUT2D eigenvalue weighted by atomic mass is 32.1. The predicted molar refractivity (Wildman–Crippen MR) is 72.9 cm³/mol. The number of aryl methyl sites for hydroxylation is 1. The van der Waals surface area contributed by atoms with E-state index in [2.05, 4.69) is 11.4 Å². The largest absolute Gasteiger partial charge is 0.312 e. The van der Waals surface area contributed by atoms with Gasteiger partial charge in [-0.15, -0.1) is 11.3 Å². The van der Waals surface area contributed by atoms with Crippen LogP contribution >= 0.6 is 11.3 Å². The molecule has 1 N–H and O–H groups in total. The third kappa shape index (κ3) is 2.49. The lowest BCUT2D eigenvalue weighted by molar-refractivity contribution is 0.102. The molecule has 19 heavy (non-hydrogen) atoms. The predicted octanol–water partition coefficient (Wildman–Crippen LogP) is 3.63. The third-order valence-corrected chi connectivity index (χ3v) is 3.97. The smallest absolute Gasteiger partial charge is 0.259 e. The van der Waals surface area contributed by atoms with E-state index < -0.39 is 11.7 Å². The van der Waals surface area contributed by atoms with Crippen LogP contribution in [0.1, 0.15) is 26.4 Å². The van der Waals surface area contributed by atoms with E-state index in [4.69, 9.17) is 5.26 Å². The van der Waals surface area contributed by atoms with Crippen LogP contribution in [0.2, 0.25) is 0 Å². The van der Waals surface area contributed by atoms with Crippen molar-refractivity contribution in [3.8, 4) is 6.07 Å². The Balaban J connectivity index is 2.33. The molecule has 0 radical (unpaired) electrons. The minimum absolute atomic E-state index is 0.0323. The summed E-state index contributed by atoms with van der Waals surface area (Å²) in [5.74, 6) is -1.13. The number of amides is 1. The lowest BCUT2D eigenvalue weighted by atomic mass is 10.1. The molecule has 1 amide bonds. The Hall–Kier alpha value is -2.19. The van der Waals surface area contributed by atoms with Crippen LogP contribution in [-0.2, 0) is 0 Å². The molecule has 0 bridgehead atoms. The zero-order valence-corrected chi connectivity index (χ0v) is 11.3. The zero-order valence-electron chi connectivity index (χ0n) is 10.5. The number of nitrogens with one attached hydrogen (secondary N) is 1. The van der Waals surface area contributed by atoms with Crippen LogP contribution in [-0.4, -0.2) is 5.91 Å². The Bertz CT molecular complexity index is 685. The Kier molecular flexibility index (Phi) is 3.63. The van der Waals surface area contributed by atoms with Gasteiger partial charge in [0.2, 0.25) is 0 Å². The minimum Gasteiger partial charge on any atom is -0.312 e. The molecule has 96 valence electrons. The standard InChI is InChI=1S/C14H11FN2OS/c1-8-9(2)19-14(11(8)7-16)17-13(18)10-5-3-4-6-12(10)15/h3-6H,1-2H3,(H,17,18). The Morgan fingerprint density at radius 3 is 2.68 bits per heavy atom. The van der Waals surface area contributed by atoms with Gasteiger partial charge in [-0.1, -0.05) is 12.1 Å². The van der Waals surface area contributed by atoms with Gasteiger partial charge >= 0.3 is 0 Å². The monoisotopic (exact) mass is 274 g/mol. The van der Waals surface area contributed by atoms with Crippen molar-refractivity contribution in [1.29, 1.82) is 5.26 Å². The van der Waals surface area contributed by atoms with Gasteiger partial charge in [-0.25, -0.2) is 4.39 Å². The van der Waals surface area contributed by atoms with Crippen molar-refractivity contribution in [3.63, 3.8) is 0 Å². The molecule has 0 spiro atoms. The first-order chi connectivity index (χ1) is 9.04. The summed E-state index contributed by atoms with van der Waals surface area (Å²) < 4.78 is 13.5. The van der Waals surface area contributed by atoms with Gasteiger partial charge in [0, 0.05) is 4.88 Å². The molecule has 1 aromatic heterocycles. The summed E-state index contributed by atoms with van der Waals surface area (Å²) in [6, 6.07) is 7.80. The molecule has 0 aliphatic rings. The topological polar surface area (TPSA) is 52.9 Å². The molecule has 0 saturated carbocycles. The van der Waals surface area contributed by atoms with Crippen molar-refractivity contribution in [2.45, 2.75) is 13.8 Å². The van der Waals surface area contributed by atoms with E-state index >= 15 is 0 Å². The molecule has 2 aromatic rings. The van der Waals surface area contributed by atoms with Crippen LogP contribution in [0.4, 0.5) is 9.39 Å². The number of benzene rings is 1. The summed E-state index contributed by atoms with van der Waals surface area (Å²) in [6.07, 6.45) is 0. The van der Waals surface area contributed by atoms with Crippen LogP contribution in [0.3, 0.4) is 0 Å². The maximum Gasteiger partial charge on any atom is 0.259 e. The summed E-state index contributed by atoms with van der Waals surface area (Å²) in [5, 5.41) is 12.1. The molecular formula is C14H11FN2OS. The normalized spacial score (nSPS) is 10.0. The van der Waals surface area contributed by atoms with Crippen LogP contribution in [0.5, 0.6) is 0 Å². The fraction of sp³-hybridized carbons (Fsp3) is 0.143. The van der Waals surface area contributed by atoms with Gasteiger partial charge in [-0.2, -0.15) is 5.26 Å². The van der Waals surface area contributed by atoms with Gasteiger partial charge in [0.15, 0.2) is 0 Å². The number of nitriles is 1. The Morgan fingerprint density at radius 1 is 1.37 bits per heavy atom. The van der Waals surface area contributed by atoms with Crippen molar-refractivity contribution in [3.05, 3.63) is 51.7 Å². The Morgan fingerprint density at radius 2 is 2.05 bits per heavy atom. The van der Waals surface area contributed by atoms with E-state index in [9.17, 15) is 9.18 Å². The van der Waals surface area contributed by atoms with E-state index in [1.807, 2.05) is 13.8 Å². The van der Waals surface area contributed by atoms with Crippen molar-refractivity contribution in [2.75, 3.05) is 5.32 Å². The average Bonchev–Trinajstić information content (AvgIpc) is 2.64. The number of hydrogen-bond donors (Lipinski definition) is 1. The number of thiophene rings is 1. The molecule has 0 aliphatic carbocycles. The van der Waals surface area contributed by atoms with Crippen LogP contribution < -0.4 is 5.32 Å². The first-order valence-electron chi connectivity index (χ1n) is 5.60. The van der Waals surface area contributed by atoms with Crippen LogP contribution in [0, 0.1) is 31.0 Å². The minimum atomic E-state index is -0.580. The zero-order chi connectivity index (χ0) is 14.0. The summed E-state index contributed by atoms with van der Waals surface area (Å²) in [4.78, 5) is 12.9. The fourth-order valence-electron chi connectivity index (χ4n) is 1.67. The second kappa shape index (κ2) is 5.21. The second-order valence-corrected chi connectivity index (χ2v) is 5.26. The molecule has 1 heterocycles. The highest BCUT2D eigenvalue weighted by Crippen LogP contribution is 2.32. The quantitative estimate of drug-likeness (QED) is 0.909. The highest BCUT2D eigenvalue weighted by Gasteiger charge is 2.17. The lowest BCUT2D eigenvalue weighted by Gasteiger charge is -2.04. The number of nitrogens with zero attached hydrogens (tertiary/aromatic N) is 1. The first kappa shape index (κ1) is 13.2. The van der Waals surface area contributed by atoms with E-state index in [1.165, 1.54) is 29.5 Å². The van der Waals surface area contributed by atoms with Crippen molar-refractivity contribution >= 4 is 22.2 Å². The molecule has 3 nitrogen and oxygen atoms in total. The number of rotatable bonds is 2. The number of carbonyl (C=O) groups is 1. The van der Waals surface area contributed by atoms with Gasteiger partial charge in [0.25, 0.3) is 5.91 Å². The van der Waals surface area contributed by atoms with Crippen molar-refractivity contribution < 1.29 is 9.18 Å². The Labute approximate surface area is 114 Å². The molecule has 0 saturated heterocycles. The van der Waals surface area contributed by atoms with E-state index in [1.54, 1.807) is 6.07 Å². The van der Waals surface area contributed by atoms with E-state index in [0.29, 0.717) is 10.6 Å². The number of hydrogen-bond acceptors (Lipinski definition) is 3. The van der Waals surface area contributed by atoms with Gasteiger partial charge in [0.05, 0.1) is 11.1 Å². The average molecular weight is 274 g/mol. The van der Waals surface area contributed by atoms with Gasteiger partial charge < -0.3 is 5.32 Å². The van der Waals surface area contributed by atoms with E-state index in [-0.39, 0.29) is 5.56 Å². The maximum absolute atomic E-state index is 13.5. The highest BCUT2D eigenvalue weighted by molar-refractivity contribution is 7.16. The van der Waals surface area contributed by atoms with Crippen LogP contribution in [0.15, 0.2) is 24.3 Å². The van der Waals surface area contributed by atoms with Gasteiger partial charge in [-0.3, -0.25) is 4.79 Å². The molecule has 0 unspecified atom stereocenters. The van der Waals surface area contributed by atoms with Crippen LogP contribution in [0.25, 0.3) is 0 Å². The van der Waals surface area contributed by atoms with E-state index in [0.717, 1.165) is 10.4 Å². The molecule has 0 fully saturated rings. The number of carbonyl (C=O) groups excluding carboxylic acids is 1. The molecule has 1 aromatic carbocycles. The van der Waals surface area contributed by atoms with Gasteiger partial charge in [0.1, 0.15) is 16.9 Å². The SMILES string of the molecule is Cc1sc(NC(=O)c2ccccc2F)c(C#N)c1C. The molecule has 5 heteroatoms. The summed E-state index contributed by atoms with van der Waals surface area (Å²) in [7, 11) is 0. The number of anilines is 1. The summed E-state index contributed by atoms with van der Waals surface area (Å²) >= 11 is 1.32. The third-order valence-electron chi connectivity index (χ3n) is 2.84. The molecule has 2 rings (SSSR count). The molecular weight excluding hydrogens is 263 g/mol. The lowest BCUT2D eigenvalue weighted by Crippen LogP contribution is -2.13. The second-order valence-electron chi connectivity index (χ2n) is 4.03. The number of halogens is 1. The first-order valence-corrected chi connectivity index (χ1v) is 6.42. The van der Waals surface area contributed by atoms with Crippen molar-refractivity contribution in [1.82, 2.24) is 0 Å². The maximum atomic E-state index is 13.5. The fourth-order valence-corrected chi connectivity index (χ4v) is 2.67. The van der Waals surface area contributed by atoms with Gasteiger partial charge in [-0.05, 0) is 31.5 Å².